The lowest BCUT2D eigenvalue weighted by molar-refractivity contribution is 0.673. The lowest BCUT2D eigenvalue weighted by atomic mass is 9.90. The average Bonchev–Trinajstić information content (AvgIpc) is 3.66. The summed E-state index contributed by atoms with van der Waals surface area (Å²) in [6.07, 6.45) is 0. The second-order valence-electron chi connectivity index (χ2n) is 14.8. The highest BCUT2D eigenvalue weighted by molar-refractivity contribution is 6.34. The summed E-state index contributed by atoms with van der Waals surface area (Å²) >= 11 is 0. The molecule has 0 aliphatic rings. The number of benzene rings is 10. The third-order valence-electron chi connectivity index (χ3n) is 11.6. The van der Waals surface area contributed by atoms with Crippen molar-refractivity contribution in [3.63, 3.8) is 0 Å². The molecule has 0 amide bonds. The van der Waals surface area contributed by atoms with Gasteiger partial charge in [-0.1, -0.05) is 170 Å². The number of hydrogen-bond acceptors (Lipinski definition) is 3. The molecule has 12 rings (SSSR count). The van der Waals surface area contributed by atoms with Crippen LogP contribution in [0.3, 0.4) is 0 Å². The summed E-state index contributed by atoms with van der Waals surface area (Å²) in [5.74, 6) is 0.655. The van der Waals surface area contributed by atoms with Crippen molar-refractivity contribution in [2.45, 2.75) is 0 Å². The van der Waals surface area contributed by atoms with E-state index in [2.05, 4.69) is 188 Å². The lowest BCUT2D eigenvalue weighted by Crippen LogP contribution is -1.98. The third-order valence-corrected chi connectivity index (χ3v) is 11.6. The Morgan fingerprint density at radius 2 is 0.842 bits per heavy atom. The van der Waals surface area contributed by atoms with Crippen molar-refractivity contribution in [3.8, 4) is 45.0 Å². The second-order valence-corrected chi connectivity index (χ2v) is 14.8. The van der Waals surface area contributed by atoms with Crippen LogP contribution in [0.1, 0.15) is 0 Å². The quantitative estimate of drug-likeness (QED) is 0.170. The van der Waals surface area contributed by atoms with Gasteiger partial charge in [0.1, 0.15) is 11.2 Å². The highest BCUT2D eigenvalue weighted by atomic mass is 16.3. The SMILES string of the molecule is c1ccc(-c2cc(-c3ccc(-c4ccccc4)c4ccccc34)nc(-c3cc4c5ccccc5c5ccccc5c4c4oc5cc6ccccc6cc5c34)n2)cc1. The predicted molar refractivity (Wildman–Crippen MR) is 239 cm³/mol. The first-order valence-corrected chi connectivity index (χ1v) is 19.4. The van der Waals surface area contributed by atoms with Crippen LogP contribution in [0, 0.1) is 0 Å². The van der Waals surface area contributed by atoms with Crippen LogP contribution in [0.5, 0.6) is 0 Å². The maximum Gasteiger partial charge on any atom is 0.161 e. The molecule has 0 saturated carbocycles. The lowest BCUT2D eigenvalue weighted by Gasteiger charge is -2.15. The van der Waals surface area contributed by atoms with Crippen molar-refractivity contribution in [3.05, 3.63) is 194 Å². The molecule has 3 heteroatoms. The highest BCUT2D eigenvalue weighted by Crippen LogP contribution is 2.47. The summed E-state index contributed by atoms with van der Waals surface area (Å²) in [6, 6.07) is 69.0. The van der Waals surface area contributed by atoms with Crippen molar-refractivity contribution >= 4 is 75.8 Å². The number of hydrogen-bond donors (Lipinski definition) is 0. The Bertz CT molecular complexity index is 3570. The minimum absolute atomic E-state index is 0.655. The average molecular weight is 725 g/mol. The Morgan fingerprint density at radius 3 is 1.56 bits per heavy atom. The summed E-state index contributed by atoms with van der Waals surface area (Å²) < 4.78 is 7.08. The Balaban J connectivity index is 1.23. The van der Waals surface area contributed by atoms with Gasteiger partial charge in [0, 0.05) is 32.8 Å². The zero-order valence-electron chi connectivity index (χ0n) is 30.8. The second kappa shape index (κ2) is 12.5. The minimum Gasteiger partial charge on any atom is -0.455 e. The molecule has 12 aromatic rings. The largest absolute Gasteiger partial charge is 0.455 e. The first-order chi connectivity index (χ1) is 28.3. The fraction of sp³-hybridized carbons (Fsp3) is 0. The van der Waals surface area contributed by atoms with E-state index in [1.54, 1.807) is 0 Å². The van der Waals surface area contributed by atoms with E-state index < -0.39 is 0 Å². The molecule has 0 fully saturated rings. The molecule has 0 aliphatic heterocycles. The number of rotatable bonds is 4. The molecule has 57 heavy (non-hydrogen) atoms. The van der Waals surface area contributed by atoms with Gasteiger partial charge in [-0.3, -0.25) is 0 Å². The van der Waals surface area contributed by atoms with Crippen molar-refractivity contribution in [2.24, 2.45) is 0 Å². The summed E-state index contributed by atoms with van der Waals surface area (Å²) in [4.78, 5) is 11.0. The highest BCUT2D eigenvalue weighted by Gasteiger charge is 2.23. The van der Waals surface area contributed by atoms with Crippen LogP contribution < -0.4 is 0 Å². The molecule has 0 N–H and O–H groups in total. The van der Waals surface area contributed by atoms with Gasteiger partial charge in [0.2, 0.25) is 0 Å². The molecule has 0 bridgehead atoms. The van der Waals surface area contributed by atoms with E-state index in [-0.39, 0.29) is 0 Å². The molecular weight excluding hydrogens is 693 g/mol. The Morgan fingerprint density at radius 1 is 0.316 bits per heavy atom. The monoisotopic (exact) mass is 724 g/mol. The Hall–Kier alpha value is -7.62. The molecule has 264 valence electrons. The van der Waals surface area contributed by atoms with E-state index in [9.17, 15) is 0 Å². The summed E-state index contributed by atoms with van der Waals surface area (Å²) in [5, 5.41) is 13.6. The van der Waals surface area contributed by atoms with Crippen LogP contribution in [0.15, 0.2) is 199 Å². The summed E-state index contributed by atoms with van der Waals surface area (Å²) in [5.41, 5.74) is 8.83. The van der Waals surface area contributed by atoms with Crippen LogP contribution in [0.4, 0.5) is 0 Å². The van der Waals surface area contributed by atoms with Crippen LogP contribution in [0.2, 0.25) is 0 Å². The Labute approximate surface area is 328 Å². The van der Waals surface area contributed by atoms with Crippen molar-refractivity contribution in [1.82, 2.24) is 9.97 Å². The molecular formula is C54H32N2O. The molecule has 0 atom stereocenters. The van der Waals surface area contributed by atoms with Crippen LogP contribution in [0.25, 0.3) is 121 Å². The van der Waals surface area contributed by atoms with Gasteiger partial charge in [0.05, 0.1) is 11.4 Å². The molecule has 10 aromatic carbocycles. The standard InChI is InChI=1S/C54H32N2O/c1-3-15-33(16-4-1)37-27-28-43(40-23-11-9-21-38(37)40)49-32-48(34-17-5-2-6-18-34)55-54(56-49)47-31-45-42-25-12-10-22-39(42)41-24-13-14-26-44(41)51(45)53-52(47)46-29-35-19-7-8-20-36(35)30-50(46)57-53/h1-32H. The first kappa shape index (κ1) is 31.7. The predicted octanol–water partition coefficient (Wildman–Crippen LogP) is 14.8. The van der Waals surface area contributed by atoms with Crippen molar-refractivity contribution < 1.29 is 4.42 Å². The van der Waals surface area contributed by atoms with E-state index in [0.29, 0.717) is 5.82 Å². The number of furan rings is 1. The van der Waals surface area contributed by atoms with Gasteiger partial charge in [-0.05, 0) is 83.9 Å². The zero-order valence-corrected chi connectivity index (χ0v) is 30.8. The first-order valence-electron chi connectivity index (χ1n) is 19.4. The van der Waals surface area contributed by atoms with E-state index >= 15 is 0 Å². The van der Waals surface area contributed by atoms with Crippen molar-refractivity contribution in [2.75, 3.05) is 0 Å². The van der Waals surface area contributed by atoms with Gasteiger partial charge in [-0.25, -0.2) is 9.97 Å². The van der Waals surface area contributed by atoms with Gasteiger partial charge in [0.25, 0.3) is 0 Å². The molecule has 0 spiro atoms. The van der Waals surface area contributed by atoms with Crippen LogP contribution in [-0.4, -0.2) is 9.97 Å². The minimum atomic E-state index is 0.655. The van der Waals surface area contributed by atoms with E-state index in [1.807, 2.05) is 6.07 Å². The van der Waals surface area contributed by atoms with Crippen molar-refractivity contribution in [1.29, 1.82) is 0 Å². The molecule has 2 aromatic heterocycles. The smallest absolute Gasteiger partial charge is 0.161 e. The molecule has 0 saturated heterocycles. The topological polar surface area (TPSA) is 38.9 Å². The molecule has 0 radical (unpaired) electrons. The number of aromatic nitrogens is 2. The molecule has 2 heterocycles. The fourth-order valence-electron chi connectivity index (χ4n) is 9.04. The number of fused-ring (bicyclic) bond motifs is 12. The van der Waals surface area contributed by atoms with Crippen LogP contribution >= 0.6 is 0 Å². The third kappa shape index (κ3) is 4.92. The van der Waals surface area contributed by atoms with E-state index in [1.165, 1.54) is 32.7 Å². The van der Waals surface area contributed by atoms with Gasteiger partial charge >= 0.3 is 0 Å². The maximum atomic E-state index is 7.08. The van der Waals surface area contributed by atoms with Gasteiger partial charge in [-0.15, -0.1) is 0 Å². The normalized spacial score (nSPS) is 11.9. The molecule has 0 aliphatic carbocycles. The van der Waals surface area contributed by atoms with Gasteiger partial charge in [-0.2, -0.15) is 0 Å². The van der Waals surface area contributed by atoms with Gasteiger partial charge in [0.15, 0.2) is 5.82 Å². The molecule has 3 nitrogen and oxygen atoms in total. The van der Waals surface area contributed by atoms with Gasteiger partial charge < -0.3 is 4.42 Å². The zero-order chi connectivity index (χ0) is 37.5. The summed E-state index contributed by atoms with van der Waals surface area (Å²) in [6.45, 7) is 0. The van der Waals surface area contributed by atoms with E-state index in [0.717, 1.165) is 82.3 Å². The van der Waals surface area contributed by atoms with E-state index in [4.69, 9.17) is 14.4 Å². The Kier molecular flexibility index (Phi) is 6.93. The number of nitrogens with zero attached hydrogens (tertiary/aromatic N) is 2. The summed E-state index contributed by atoms with van der Waals surface area (Å²) in [7, 11) is 0. The molecule has 0 unspecified atom stereocenters. The maximum absolute atomic E-state index is 7.08. The fourth-order valence-corrected chi connectivity index (χ4v) is 9.04. The van der Waals surface area contributed by atoms with Crippen LogP contribution in [-0.2, 0) is 0 Å².